The summed E-state index contributed by atoms with van der Waals surface area (Å²) in [5, 5.41) is 12.8. The molecule has 2 aromatic carbocycles. The molecular weight excluding hydrogens is 464 g/mol. The standard InChI is InChI=1S/C25H24N6O3S/c1-2-11-31-20-6-4-3-5-19(20)22-23(31)27-25(29-28-22)35-16-21(32)26-18-9-7-17(8-10-18)24(33)30-12-14-34-15-13-30/h2-10H,1,11-16H2,(H,26,32). The quantitative estimate of drug-likeness (QED) is 0.314. The molecule has 35 heavy (non-hydrogen) atoms. The monoisotopic (exact) mass is 488 g/mol. The van der Waals surface area contributed by atoms with Crippen molar-refractivity contribution in [1.82, 2.24) is 24.6 Å². The molecule has 2 aromatic heterocycles. The number of benzene rings is 2. The smallest absolute Gasteiger partial charge is 0.254 e. The Bertz CT molecular complexity index is 1400. The van der Waals surface area contributed by atoms with Crippen molar-refractivity contribution in [3.05, 3.63) is 66.7 Å². The Balaban J connectivity index is 1.23. The third-order valence-electron chi connectivity index (χ3n) is 5.71. The molecule has 1 fully saturated rings. The van der Waals surface area contributed by atoms with Gasteiger partial charge in [-0.15, -0.1) is 16.8 Å². The van der Waals surface area contributed by atoms with Crippen LogP contribution in [0, 0.1) is 0 Å². The van der Waals surface area contributed by atoms with Crippen molar-refractivity contribution in [2.24, 2.45) is 0 Å². The van der Waals surface area contributed by atoms with Gasteiger partial charge in [0.1, 0.15) is 5.52 Å². The first-order valence-electron chi connectivity index (χ1n) is 11.3. The maximum atomic E-state index is 12.6. The number of carbonyl (C=O) groups excluding carboxylic acids is 2. The van der Waals surface area contributed by atoms with E-state index in [-0.39, 0.29) is 17.6 Å². The molecule has 1 N–H and O–H groups in total. The highest BCUT2D eigenvalue weighted by atomic mass is 32.2. The van der Waals surface area contributed by atoms with Gasteiger partial charge in [-0.2, -0.15) is 0 Å². The molecule has 1 saturated heterocycles. The van der Waals surface area contributed by atoms with E-state index in [9.17, 15) is 9.59 Å². The maximum absolute atomic E-state index is 12.6. The summed E-state index contributed by atoms with van der Waals surface area (Å²) in [6, 6.07) is 14.8. The van der Waals surface area contributed by atoms with Crippen molar-refractivity contribution in [2.75, 3.05) is 37.4 Å². The van der Waals surface area contributed by atoms with E-state index in [1.54, 1.807) is 29.2 Å². The second kappa shape index (κ2) is 10.2. The molecule has 5 rings (SSSR count). The fourth-order valence-corrected chi connectivity index (χ4v) is 4.62. The second-order valence-corrected chi connectivity index (χ2v) is 8.94. The number of aromatic nitrogens is 4. The van der Waals surface area contributed by atoms with Crippen molar-refractivity contribution in [2.45, 2.75) is 11.7 Å². The number of nitrogens with one attached hydrogen (secondary N) is 1. The number of nitrogens with zero attached hydrogens (tertiary/aromatic N) is 5. The van der Waals surface area contributed by atoms with E-state index < -0.39 is 0 Å². The first-order valence-corrected chi connectivity index (χ1v) is 12.2. The van der Waals surface area contributed by atoms with Gasteiger partial charge in [0, 0.05) is 36.3 Å². The Kier molecular flexibility index (Phi) is 6.73. The predicted molar refractivity (Wildman–Crippen MR) is 136 cm³/mol. The molecule has 10 heteroatoms. The van der Waals surface area contributed by atoms with Crippen LogP contribution < -0.4 is 5.32 Å². The molecule has 0 radical (unpaired) electrons. The SMILES string of the molecule is C=CCn1c2ccccc2c2nnc(SCC(=O)Nc3ccc(C(=O)N4CCOCC4)cc3)nc21. The van der Waals surface area contributed by atoms with E-state index in [0.717, 1.165) is 16.4 Å². The highest BCUT2D eigenvalue weighted by molar-refractivity contribution is 7.99. The van der Waals surface area contributed by atoms with E-state index in [2.05, 4.69) is 27.1 Å². The van der Waals surface area contributed by atoms with Gasteiger partial charge in [-0.3, -0.25) is 9.59 Å². The van der Waals surface area contributed by atoms with Gasteiger partial charge in [0.2, 0.25) is 11.1 Å². The third-order valence-corrected chi connectivity index (χ3v) is 6.55. The van der Waals surface area contributed by atoms with Gasteiger partial charge in [0.05, 0.1) is 24.5 Å². The molecule has 0 unspecified atom stereocenters. The van der Waals surface area contributed by atoms with Crippen LogP contribution in [0.5, 0.6) is 0 Å². The molecule has 0 atom stereocenters. The Morgan fingerprint density at radius 2 is 1.86 bits per heavy atom. The van der Waals surface area contributed by atoms with Crippen LogP contribution in [0.4, 0.5) is 5.69 Å². The summed E-state index contributed by atoms with van der Waals surface area (Å²) >= 11 is 1.22. The summed E-state index contributed by atoms with van der Waals surface area (Å²) in [5.41, 5.74) is 3.66. The Morgan fingerprint density at radius 1 is 1.09 bits per heavy atom. The highest BCUT2D eigenvalue weighted by Gasteiger charge is 2.19. The summed E-state index contributed by atoms with van der Waals surface area (Å²) in [6.07, 6.45) is 1.81. The molecule has 4 aromatic rings. The van der Waals surface area contributed by atoms with Crippen LogP contribution in [0.25, 0.3) is 22.1 Å². The molecule has 0 bridgehead atoms. The van der Waals surface area contributed by atoms with E-state index in [4.69, 9.17) is 4.74 Å². The van der Waals surface area contributed by atoms with E-state index >= 15 is 0 Å². The zero-order valence-electron chi connectivity index (χ0n) is 19.0. The molecular formula is C25H24N6O3S. The number of morpholine rings is 1. The summed E-state index contributed by atoms with van der Waals surface area (Å²) in [5.74, 6) is -0.100. The van der Waals surface area contributed by atoms with Crippen LogP contribution in [-0.4, -0.2) is 68.5 Å². The number of ether oxygens (including phenoxy) is 1. The fourth-order valence-electron chi connectivity index (χ4n) is 4.04. The molecule has 0 spiro atoms. The van der Waals surface area contributed by atoms with Crippen molar-refractivity contribution >= 4 is 51.3 Å². The predicted octanol–water partition coefficient (Wildman–Crippen LogP) is 3.37. The Hall–Kier alpha value is -3.76. The molecule has 0 aliphatic carbocycles. The first-order chi connectivity index (χ1) is 17.1. The number of para-hydroxylation sites is 1. The number of anilines is 1. The number of carbonyl (C=O) groups is 2. The number of rotatable bonds is 7. The lowest BCUT2D eigenvalue weighted by atomic mass is 10.1. The minimum absolute atomic E-state index is 0.0318. The van der Waals surface area contributed by atoms with Crippen molar-refractivity contribution in [1.29, 1.82) is 0 Å². The minimum Gasteiger partial charge on any atom is -0.378 e. The van der Waals surface area contributed by atoms with Crippen LogP contribution in [-0.2, 0) is 16.1 Å². The van der Waals surface area contributed by atoms with Crippen LogP contribution >= 0.6 is 11.8 Å². The lowest BCUT2D eigenvalue weighted by Crippen LogP contribution is -2.40. The summed E-state index contributed by atoms with van der Waals surface area (Å²) in [7, 11) is 0. The minimum atomic E-state index is -0.197. The molecule has 1 aliphatic heterocycles. The number of hydrogen-bond donors (Lipinski definition) is 1. The average Bonchev–Trinajstić information content (AvgIpc) is 3.21. The van der Waals surface area contributed by atoms with Gasteiger partial charge < -0.3 is 19.5 Å². The Labute approximate surface area is 206 Å². The van der Waals surface area contributed by atoms with Gasteiger partial charge >= 0.3 is 0 Å². The molecule has 3 heterocycles. The van der Waals surface area contributed by atoms with Gasteiger partial charge in [-0.05, 0) is 30.3 Å². The number of amides is 2. The summed E-state index contributed by atoms with van der Waals surface area (Å²) in [4.78, 5) is 31.5. The van der Waals surface area contributed by atoms with Gasteiger partial charge in [-0.1, -0.05) is 36.0 Å². The fraction of sp³-hybridized carbons (Fsp3) is 0.240. The molecule has 0 saturated carbocycles. The van der Waals surface area contributed by atoms with E-state index in [1.807, 2.05) is 34.9 Å². The largest absolute Gasteiger partial charge is 0.378 e. The van der Waals surface area contributed by atoms with Crippen molar-refractivity contribution < 1.29 is 14.3 Å². The first kappa shape index (κ1) is 23.0. The van der Waals surface area contributed by atoms with E-state index in [0.29, 0.717) is 54.9 Å². The lowest BCUT2D eigenvalue weighted by molar-refractivity contribution is -0.113. The van der Waals surface area contributed by atoms with Gasteiger partial charge in [-0.25, -0.2) is 4.98 Å². The molecule has 1 aliphatic rings. The van der Waals surface area contributed by atoms with Crippen LogP contribution in [0.15, 0.2) is 66.3 Å². The average molecular weight is 489 g/mol. The number of allylic oxidation sites excluding steroid dienone is 1. The number of hydrogen-bond acceptors (Lipinski definition) is 7. The van der Waals surface area contributed by atoms with Gasteiger partial charge in [0.25, 0.3) is 5.91 Å². The van der Waals surface area contributed by atoms with Gasteiger partial charge in [0.15, 0.2) is 5.65 Å². The van der Waals surface area contributed by atoms with Crippen molar-refractivity contribution in [3.63, 3.8) is 0 Å². The highest BCUT2D eigenvalue weighted by Crippen LogP contribution is 2.27. The number of thioether (sulfide) groups is 1. The van der Waals surface area contributed by atoms with Crippen LogP contribution in [0.2, 0.25) is 0 Å². The van der Waals surface area contributed by atoms with Crippen LogP contribution in [0.1, 0.15) is 10.4 Å². The molecule has 9 nitrogen and oxygen atoms in total. The number of fused-ring (bicyclic) bond motifs is 3. The maximum Gasteiger partial charge on any atom is 0.254 e. The normalized spacial score (nSPS) is 13.8. The Morgan fingerprint density at radius 3 is 2.63 bits per heavy atom. The second-order valence-electron chi connectivity index (χ2n) is 8.00. The summed E-state index contributed by atoms with van der Waals surface area (Å²) in [6.45, 7) is 6.72. The van der Waals surface area contributed by atoms with Crippen molar-refractivity contribution in [3.8, 4) is 0 Å². The van der Waals surface area contributed by atoms with Crippen LogP contribution in [0.3, 0.4) is 0 Å². The molecule has 178 valence electrons. The third kappa shape index (κ3) is 4.89. The zero-order valence-corrected chi connectivity index (χ0v) is 19.8. The summed E-state index contributed by atoms with van der Waals surface area (Å²) < 4.78 is 7.33. The topological polar surface area (TPSA) is 102 Å². The van der Waals surface area contributed by atoms with E-state index in [1.165, 1.54) is 11.8 Å². The molecule has 2 amide bonds. The zero-order chi connectivity index (χ0) is 24.2. The lowest BCUT2D eigenvalue weighted by Gasteiger charge is -2.26.